The van der Waals surface area contributed by atoms with Gasteiger partial charge in [0.15, 0.2) is 5.84 Å². The second-order valence-corrected chi connectivity index (χ2v) is 4.53. The Balaban J connectivity index is 2.12. The minimum absolute atomic E-state index is 0.0518. The number of carbonyl (C=O) groups is 1. The first kappa shape index (κ1) is 13.9. The molecule has 20 heavy (non-hydrogen) atoms. The van der Waals surface area contributed by atoms with Crippen LogP contribution in [0.5, 0.6) is 0 Å². The summed E-state index contributed by atoms with van der Waals surface area (Å²) in [7, 11) is 0. The van der Waals surface area contributed by atoms with E-state index in [4.69, 9.17) is 10.9 Å². The summed E-state index contributed by atoms with van der Waals surface area (Å²) in [4.78, 5) is 19.9. The standard InChI is InChI=1S/C12H10BrN5O2/c13-9-3-1-2-8(16-9)12(19)17-10-5-4-7(6-15-10)11(14)18-20/h1-6,20H,(H2,14,18)(H,15,17,19). The van der Waals surface area contributed by atoms with Gasteiger partial charge in [-0.3, -0.25) is 4.79 Å². The second kappa shape index (κ2) is 6.11. The molecular weight excluding hydrogens is 326 g/mol. The number of hydrogen-bond donors (Lipinski definition) is 3. The molecule has 8 heteroatoms. The van der Waals surface area contributed by atoms with Crippen molar-refractivity contribution >= 4 is 33.5 Å². The molecule has 0 aliphatic carbocycles. The fourth-order valence-corrected chi connectivity index (χ4v) is 1.74. The number of anilines is 1. The fourth-order valence-electron chi connectivity index (χ4n) is 1.39. The van der Waals surface area contributed by atoms with Crippen LogP contribution in [-0.4, -0.2) is 26.9 Å². The van der Waals surface area contributed by atoms with E-state index in [1.54, 1.807) is 30.3 Å². The molecule has 0 saturated carbocycles. The van der Waals surface area contributed by atoms with Gasteiger partial charge in [0.1, 0.15) is 16.1 Å². The van der Waals surface area contributed by atoms with Crippen molar-refractivity contribution in [1.82, 2.24) is 9.97 Å². The van der Waals surface area contributed by atoms with Crippen LogP contribution in [0.3, 0.4) is 0 Å². The minimum Gasteiger partial charge on any atom is -0.409 e. The number of aromatic nitrogens is 2. The molecule has 4 N–H and O–H groups in total. The van der Waals surface area contributed by atoms with Crippen LogP contribution in [0.1, 0.15) is 16.1 Å². The average molecular weight is 336 g/mol. The van der Waals surface area contributed by atoms with E-state index in [1.165, 1.54) is 6.20 Å². The Labute approximate surface area is 122 Å². The van der Waals surface area contributed by atoms with Crippen molar-refractivity contribution in [3.05, 3.63) is 52.4 Å². The molecule has 0 fully saturated rings. The zero-order chi connectivity index (χ0) is 14.5. The molecule has 1 amide bonds. The Kier molecular flexibility index (Phi) is 4.26. The van der Waals surface area contributed by atoms with Gasteiger partial charge in [-0.1, -0.05) is 11.2 Å². The van der Waals surface area contributed by atoms with Gasteiger partial charge < -0.3 is 16.3 Å². The average Bonchev–Trinajstić information content (AvgIpc) is 2.47. The summed E-state index contributed by atoms with van der Waals surface area (Å²) in [6.45, 7) is 0. The molecular formula is C12H10BrN5O2. The molecule has 2 aromatic heterocycles. The van der Waals surface area contributed by atoms with E-state index >= 15 is 0 Å². The third-order valence-corrected chi connectivity index (χ3v) is 2.80. The molecule has 102 valence electrons. The van der Waals surface area contributed by atoms with Crippen LogP contribution in [0, 0.1) is 0 Å². The number of oxime groups is 1. The number of nitrogens with zero attached hydrogens (tertiary/aromatic N) is 3. The molecule has 2 aromatic rings. The Morgan fingerprint density at radius 3 is 2.75 bits per heavy atom. The molecule has 0 radical (unpaired) electrons. The van der Waals surface area contributed by atoms with Gasteiger partial charge in [-0.25, -0.2) is 9.97 Å². The van der Waals surface area contributed by atoms with Crippen molar-refractivity contribution in [3.8, 4) is 0 Å². The smallest absolute Gasteiger partial charge is 0.275 e. The fraction of sp³-hybridized carbons (Fsp3) is 0. The molecule has 0 unspecified atom stereocenters. The summed E-state index contributed by atoms with van der Waals surface area (Å²) in [5.74, 6) is -0.0920. The number of carbonyl (C=O) groups excluding carboxylic acids is 1. The molecule has 0 aromatic carbocycles. The summed E-state index contributed by atoms with van der Waals surface area (Å²) < 4.78 is 0.570. The Bertz CT molecular complexity index is 657. The number of amides is 1. The third kappa shape index (κ3) is 3.29. The quantitative estimate of drug-likeness (QED) is 0.259. The van der Waals surface area contributed by atoms with Crippen molar-refractivity contribution in [1.29, 1.82) is 0 Å². The highest BCUT2D eigenvalue weighted by molar-refractivity contribution is 9.10. The maximum absolute atomic E-state index is 11.9. The maximum atomic E-state index is 11.9. The van der Waals surface area contributed by atoms with Crippen molar-refractivity contribution in [2.24, 2.45) is 10.9 Å². The summed E-state index contributed by atoms with van der Waals surface area (Å²) in [5, 5.41) is 14.0. The van der Waals surface area contributed by atoms with E-state index < -0.39 is 0 Å². The number of amidine groups is 1. The predicted octanol–water partition coefficient (Wildman–Crippen LogP) is 1.59. The largest absolute Gasteiger partial charge is 0.409 e. The number of hydrogen-bond acceptors (Lipinski definition) is 5. The lowest BCUT2D eigenvalue weighted by atomic mass is 10.2. The number of nitrogens with two attached hydrogens (primary N) is 1. The van der Waals surface area contributed by atoms with Gasteiger partial charge in [0.2, 0.25) is 0 Å². The molecule has 0 bridgehead atoms. The van der Waals surface area contributed by atoms with Gasteiger partial charge in [-0.2, -0.15) is 0 Å². The lowest BCUT2D eigenvalue weighted by molar-refractivity contribution is 0.102. The van der Waals surface area contributed by atoms with Crippen LogP contribution in [0.15, 0.2) is 46.3 Å². The topological polar surface area (TPSA) is 113 Å². The number of pyridine rings is 2. The van der Waals surface area contributed by atoms with Crippen LogP contribution in [-0.2, 0) is 0 Å². The summed E-state index contributed by atoms with van der Waals surface area (Å²) in [6.07, 6.45) is 1.39. The molecule has 2 heterocycles. The minimum atomic E-state index is -0.379. The number of halogens is 1. The molecule has 7 nitrogen and oxygen atoms in total. The summed E-state index contributed by atoms with van der Waals surface area (Å²) in [5.41, 5.74) is 6.13. The Morgan fingerprint density at radius 2 is 2.15 bits per heavy atom. The van der Waals surface area contributed by atoms with E-state index in [1.807, 2.05) is 0 Å². The number of rotatable bonds is 3. The maximum Gasteiger partial charge on any atom is 0.275 e. The van der Waals surface area contributed by atoms with E-state index in [9.17, 15) is 4.79 Å². The van der Waals surface area contributed by atoms with Gasteiger partial charge in [0.25, 0.3) is 5.91 Å². The van der Waals surface area contributed by atoms with Crippen molar-refractivity contribution in [2.45, 2.75) is 0 Å². The normalized spacial score (nSPS) is 11.2. The number of nitrogens with one attached hydrogen (secondary N) is 1. The van der Waals surface area contributed by atoms with E-state index in [2.05, 4.69) is 36.4 Å². The molecule has 0 spiro atoms. The Hall–Kier alpha value is -2.48. The molecule has 2 rings (SSSR count). The van der Waals surface area contributed by atoms with Crippen LogP contribution < -0.4 is 11.1 Å². The lowest BCUT2D eigenvalue weighted by Gasteiger charge is -2.05. The van der Waals surface area contributed by atoms with E-state index in [0.717, 1.165) is 0 Å². The van der Waals surface area contributed by atoms with E-state index in [-0.39, 0.29) is 17.4 Å². The van der Waals surface area contributed by atoms with Crippen molar-refractivity contribution < 1.29 is 10.0 Å². The van der Waals surface area contributed by atoms with Crippen LogP contribution in [0.25, 0.3) is 0 Å². The summed E-state index contributed by atoms with van der Waals surface area (Å²) in [6, 6.07) is 8.14. The second-order valence-electron chi connectivity index (χ2n) is 3.72. The van der Waals surface area contributed by atoms with Crippen molar-refractivity contribution in [3.63, 3.8) is 0 Å². The van der Waals surface area contributed by atoms with Crippen LogP contribution in [0.2, 0.25) is 0 Å². The molecule has 0 saturated heterocycles. The van der Waals surface area contributed by atoms with Crippen molar-refractivity contribution in [2.75, 3.05) is 5.32 Å². The van der Waals surface area contributed by atoms with Crippen LogP contribution >= 0.6 is 15.9 Å². The zero-order valence-electron chi connectivity index (χ0n) is 10.1. The molecule has 0 atom stereocenters. The van der Waals surface area contributed by atoms with Gasteiger partial charge in [-0.15, -0.1) is 0 Å². The van der Waals surface area contributed by atoms with Gasteiger partial charge >= 0.3 is 0 Å². The predicted molar refractivity (Wildman–Crippen MR) is 76.6 cm³/mol. The third-order valence-electron chi connectivity index (χ3n) is 2.36. The highest BCUT2D eigenvalue weighted by Crippen LogP contribution is 2.09. The molecule has 0 aliphatic heterocycles. The molecule has 0 aliphatic rings. The van der Waals surface area contributed by atoms with Gasteiger partial charge in [0.05, 0.1) is 0 Å². The Morgan fingerprint density at radius 1 is 1.35 bits per heavy atom. The van der Waals surface area contributed by atoms with E-state index in [0.29, 0.717) is 16.0 Å². The highest BCUT2D eigenvalue weighted by atomic mass is 79.9. The summed E-state index contributed by atoms with van der Waals surface area (Å²) >= 11 is 3.19. The zero-order valence-corrected chi connectivity index (χ0v) is 11.7. The first-order valence-corrected chi connectivity index (χ1v) is 6.27. The van der Waals surface area contributed by atoms with Gasteiger partial charge in [-0.05, 0) is 40.2 Å². The SMILES string of the molecule is N/C(=N\O)c1ccc(NC(=O)c2cccc(Br)n2)nc1. The first-order valence-electron chi connectivity index (χ1n) is 5.48. The monoisotopic (exact) mass is 335 g/mol. The first-order chi connectivity index (χ1) is 9.60. The lowest BCUT2D eigenvalue weighted by Crippen LogP contribution is -2.16. The van der Waals surface area contributed by atoms with Crippen LogP contribution in [0.4, 0.5) is 5.82 Å². The van der Waals surface area contributed by atoms with Gasteiger partial charge in [0, 0.05) is 11.8 Å². The highest BCUT2D eigenvalue weighted by Gasteiger charge is 2.09.